The summed E-state index contributed by atoms with van der Waals surface area (Å²) < 4.78 is 5.82. The van der Waals surface area contributed by atoms with Crippen molar-refractivity contribution in [1.82, 2.24) is 9.97 Å². The van der Waals surface area contributed by atoms with Crippen LogP contribution in [0.4, 0.5) is 11.8 Å². The molecule has 6 N–H and O–H groups in total. The Morgan fingerprint density at radius 1 is 1.26 bits per heavy atom. The lowest BCUT2D eigenvalue weighted by Crippen LogP contribution is -2.31. The smallest absolute Gasteiger partial charge is 0.240 e. The van der Waals surface area contributed by atoms with Crippen molar-refractivity contribution in [3.8, 4) is 0 Å². The maximum Gasteiger partial charge on any atom is 0.240 e. The minimum atomic E-state index is -0.183. The molecule has 0 aromatic carbocycles. The fraction of sp³-hybridized carbons (Fsp3) is 0.455. The van der Waals surface area contributed by atoms with Gasteiger partial charge in [0, 0.05) is 11.3 Å². The third-order valence-corrected chi connectivity index (χ3v) is 4.30. The number of anilines is 2. The van der Waals surface area contributed by atoms with Crippen LogP contribution in [0, 0.1) is 0 Å². The molecule has 19 heavy (non-hydrogen) atoms. The maximum atomic E-state index is 5.82. The van der Waals surface area contributed by atoms with E-state index in [0.717, 1.165) is 16.6 Å². The number of hydrogen-bond donors (Lipinski definition) is 4. The molecule has 102 valence electrons. The highest BCUT2D eigenvalue weighted by atomic mass is 32.1. The summed E-state index contributed by atoms with van der Waals surface area (Å²) in [6, 6.07) is 0. The molecular weight excluding hydrogens is 264 g/mol. The van der Waals surface area contributed by atoms with Crippen molar-refractivity contribution in [2.75, 3.05) is 10.9 Å². The lowest BCUT2D eigenvalue weighted by molar-refractivity contribution is -0.0379. The van der Waals surface area contributed by atoms with E-state index >= 15 is 0 Å². The van der Waals surface area contributed by atoms with Crippen molar-refractivity contribution in [2.45, 2.75) is 32.5 Å². The molecule has 0 radical (unpaired) electrons. The molecule has 0 saturated heterocycles. The number of nitrogens with zero attached hydrogens (tertiary/aromatic N) is 2. The highest BCUT2D eigenvalue weighted by molar-refractivity contribution is 7.19. The summed E-state index contributed by atoms with van der Waals surface area (Å²) in [7, 11) is 0. The second-order valence-corrected chi connectivity index (χ2v) is 6.18. The van der Waals surface area contributed by atoms with Gasteiger partial charge in [-0.25, -0.2) is 16.7 Å². The molecule has 0 atom stereocenters. The molecule has 3 heterocycles. The third kappa shape index (κ3) is 2.02. The van der Waals surface area contributed by atoms with Gasteiger partial charge in [-0.15, -0.1) is 11.3 Å². The van der Waals surface area contributed by atoms with Gasteiger partial charge in [-0.1, -0.05) is 0 Å². The lowest BCUT2D eigenvalue weighted by atomic mass is 9.94. The molecule has 0 amide bonds. The van der Waals surface area contributed by atoms with Crippen molar-refractivity contribution in [3.63, 3.8) is 0 Å². The molecule has 0 saturated carbocycles. The van der Waals surface area contributed by atoms with Gasteiger partial charge >= 0.3 is 0 Å². The van der Waals surface area contributed by atoms with Crippen LogP contribution in [0.15, 0.2) is 0 Å². The van der Waals surface area contributed by atoms with E-state index in [1.54, 1.807) is 11.3 Å². The van der Waals surface area contributed by atoms with Crippen LogP contribution >= 0.6 is 11.3 Å². The van der Waals surface area contributed by atoms with Gasteiger partial charge < -0.3 is 10.2 Å². The zero-order valence-electron chi connectivity index (χ0n) is 10.8. The van der Waals surface area contributed by atoms with Crippen LogP contribution in [0.5, 0.6) is 0 Å². The fourth-order valence-corrected chi connectivity index (χ4v) is 3.42. The van der Waals surface area contributed by atoms with Crippen LogP contribution in [-0.2, 0) is 17.8 Å². The molecular formula is C11H16N6OS. The summed E-state index contributed by atoms with van der Waals surface area (Å²) in [4.78, 5) is 10.7. The highest BCUT2D eigenvalue weighted by Crippen LogP contribution is 2.40. The first-order chi connectivity index (χ1) is 9.04. The topological polar surface area (TPSA) is 111 Å². The van der Waals surface area contributed by atoms with E-state index < -0.39 is 0 Å². The summed E-state index contributed by atoms with van der Waals surface area (Å²) in [5.74, 6) is 11.9. The number of aromatic nitrogens is 2. The fourth-order valence-electron chi connectivity index (χ4n) is 2.31. The zero-order valence-corrected chi connectivity index (χ0v) is 11.6. The molecule has 1 aliphatic heterocycles. The van der Waals surface area contributed by atoms with Crippen molar-refractivity contribution in [3.05, 3.63) is 10.4 Å². The van der Waals surface area contributed by atoms with Crippen LogP contribution in [-0.4, -0.2) is 15.6 Å². The maximum absolute atomic E-state index is 5.82. The summed E-state index contributed by atoms with van der Waals surface area (Å²) in [5, 5.41) is 0.970. The van der Waals surface area contributed by atoms with Gasteiger partial charge in [0.2, 0.25) is 5.95 Å². The number of nitrogens with one attached hydrogen (secondary N) is 2. The first-order valence-electron chi connectivity index (χ1n) is 5.93. The predicted octanol–water partition coefficient (Wildman–Crippen LogP) is 1.11. The molecule has 0 unspecified atom stereocenters. The van der Waals surface area contributed by atoms with E-state index in [4.69, 9.17) is 16.4 Å². The number of nitrogen functional groups attached to an aromatic ring is 2. The van der Waals surface area contributed by atoms with Gasteiger partial charge in [-0.2, -0.15) is 4.98 Å². The van der Waals surface area contributed by atoms with Gasteiger partial charge in [0.15, 0.2) is 5.82 Å². The Bertz CT molecular complexity index is 638. The third-order valence-electron chi connectivity index (χ3n) is 3.20. The Hall–Kier alpha value is -1.48. The van der Waals surface area contributed by atoms with E-state index in [-0.39, 0.29) is 5.60 Å². The monoisotopic (exact) mass is 280 g/mol. The van der Waals surface area contributed by atoms with E-state index in [2.05, 4.69) is 34.7 Å². The molecule has 7 nitrogen and oxygen atoms in total. The molecule has 0 spiro atoms. The predicted molar refractivity (Wildman–Crippen MR) is 75.6 cm³/mol. The number of thiophene rings is 1. The Labute approximate surface area is 114 Å². The van der Waals surface area contributed by atoms with Crippen molar-refractivity contribution < 1.29 is 4.74 Å². The minimum Gasteiger partial charge on any atom is -0.370 e. The van der Waals surface area contributed by atoms with E-state index in [1.165, 1.54) is 10.4 Å². The molecule has 2 aromatic heterocycles. The molecule has 0 fully saturated rings. The summed E-state index contributed by atoms with van der Waals surface area (Å²) in [6.07, 6.45) is 0.815. The van der Waals surface area contributed by atoms with Gasteiger partial charge in [-0.3, -0.25) is 5.43 Å². The number of nitrogens with two attached hydrogens (primary N) is 2. The van der Waals surface area contributed by atoms with Crippen LogP contribution in [0.25, 0.3) is 10.2 Å². The van der Waals surface area contributed by atoms with E-state index in [9.17, 15) is 0 Å². The first-order valence-corrected chi connectivity index (χ1v) is 6.75. The average molecular weight is 280 g/mol. The number of ether oxygens (including phenoxy) is 1. The number of rotatable bonds is 2. The van der Waals surface area contributed by atoms with E-state index in [1.807, 2.05) is 0 Å². The second-order valence-electron chi connectivity index (χ2n) is 5.09. The molecule has 0 bridgehead atoms. The average Bonchev–Trinajstić information content (AvgIpc) is 2.74. The molecule has 2 aromatic rings. The van der Waals surface area contributed by atoms with Gasteiger partial charge in [0.1, 0.15) is 4.83 Å². The SMILES string of the molecule is CC1(C)Cc2c(sc3nc(NN)nc(NN)c23)CO1. The second kappa shape index (κ2) is 4.27. The molecule has 0 aliphatic carbocycles. The molecule has 3 rings (SSSR count). The van der Waals surface area contributed by atoms with Gasteiger partial charge in [-0.05, 0) is 19.4 Å². The quantitative estimate of drug-likeness (QED) is 0.481. The van der Waals surface area contributed by atoms with Crippen molar-refractivity contribution >= 4 is 33.3 Å². The first kappa shape index (κ1) is 12.5. The molecule has 1 aliphatic rings. The number of fused-ring (bicyclic) bond motifs is 3. The van der Waals surface area contributed by atoms with Crippen LogP contribution in [0.2, 0.25) is 0 Å². The number of hydrogen-bond acceptors (Lipinski definition) is 8. The Balaban J connectivity index is 2.25. The minimum absolute atomic E-state index is 0.183. The Kier molecular flexibility index (Phi) is 2.82. The largest absolute Gasteiger partial charge is 0.370 e. The van der Waals surface area contributed by atoms with Gasteiger partial charge in [0.25, 0.3) is 0 Å². The standard InChI is InChI=1S/C11H16N6OS/c1-11(2)3-5-6(4-18-11)19-9-7(5)8(16-12)14-10(15-9)17-13/h3-4,12-13H2,1-2H3,(H2,14,15,16,17). The van der Waals surface area contributed by atoms with Crippen LogP contribution < -0.4 is 22.5 Å². The van der Waals surface area contributed by atoms with Crippen LogP contribution in [0.3, 0.4) is 0 Å². The van der Waals surface area contributed by atoms with Gasteiger partial charge in [0.05, 0.1) is 17.6 Å². The summed E-state index contributed by atoms with van der Waals surface area (Å²) in [6.45, 7) is 4.75. The summed E-state index contributed by atoms with van der Waals surface area (Å²) in [5.41, 5.74) is 6.11. The van der Waals surface area contributed by atoms with Crippen molar-refractivity contribution in [2.24, 2.45) is 11.7 Å². The highest BCUT2D eigenvalue weighted by Gasteiger charge is 2.30. The molecule has 8 heteroatoms. The summed E-state index contributed by atoms with van der Waals surface area (Å²) >= 11 is 1.59. The normalized spacial score (nSPS) is 17.3. The Morgan fingerprint density at radius 3 is 2.74 bits per heavy atom. The zero-order chi connectivity index (χ0) is 13.6. The Morgan fingerprint density at radius 2 is 2.05 bits per heavy atom. The number of hydrazine groups is 2. The van der Waals surface area contributed by atoms with E-state index in [0.29, 0.717) is 18.4 Å². The lowest BCUT2D eigenvalue weighted by Gasteiger charge is -2.30. The van der Waals surface area contributed by atoms with Crippen molar-refractivity contribution in [1.29, 1.82) is 0 Å². The van der Waals surface area contributed by atoms with Crippen LogP contribution in [0.1, 0.15) is 24.3 Å².